The fraction of sp³-hybridized carbons (Fsp3) is 0.0571. The van der Waals surface area contributed by atoms with Crippen molar-refractivity contribution in [1.82, 2.24) is 18.7 Å². The molecule has 0 atom stereocenters. The molecule has 0 aliphatic carbocycles. The van der Waals surface area contributed by atoms with Gasteiger partial charge >= 0.3 is 0 Å². The number of hydrogen-bond donors (Lipinski definition) is 0. The van der Waals surface area contributed by atoms with Crippen molar-refractivity contribution in [2.75, 3.05) is 0 Å². The van der Waals surface area contributed by atoms with Crippen molar-refractivity contribution in [3.63, 3.8) is 0 Å². The minimum absolute atomic E-state index is 0.142. The Morgan fingerprint density at radius 2 is 1.12 bits per heavy atom. The Hall–Kier alpha value is -9.98. The van der Waals surface area contributed by atoms with E-state index < -0.39 is 60.4 Å². The fourth-order valence-corrected chi connectivity index (χ4v) is 11.2. The van der Waals surface area contributed by atoms with Crippen LogP contribution in [-0.2, 0) is 5.41 Å². The van der Waals surface area contributed by atoms with Crippen LogP contribution in [0.1, 0.15) is 40.0 Å². The molecule has 77 heavy (non-hydrogen) atoms. The summed E-state index contributed by atoms with van der Waals surface area (Å²) in [6.07, 6.45) is 3.66. The van der Waals surface area contributed by atoms with Gasteiger partial charge in [-0.3, -0.25) is 4.57 Å². The Labute approximate surface area is 458 Å². The Kier molecular flexibility index (Phi) is 7.92. The molecule has 0 aliphatic heterocycles. The first kappa shape index (κ1) is 35.3. The number of benzene rings is 10. The lowest BCUT2D eigenvalue weighted by molar-refractivity contribution is -0.567. The molecule has 0 aliphatic rings. The molecule has 7 nitrogen and oxygen atoms in total. The van der Waals surface area contributed by atoms with Crippen LogP contribution in [0.25, 0.3) is 122 Å². The normalized spacial score (nSPS) is 13.9. The molecule has 0 saturated heterocycles. The van der Waals surface area contributed by atoms with Gasteiger partial charge in [-0.2, -0.15) is 9.13 Å². The van der Waals surface area contributed by atoms with Crippen molar-refractivity contribution in [3.8, 4) is 56.6 Å². The van der Waals surface area contributed by atoms with Gasteiger partial charge in [0.1, 0.15) is 34.1 Å². The number of pyridine rings is 1. The Morgan fingerprint density at radius 3 is 1.79 bits per heavy atom. The van der Waals surface area contributed by atoms with E-state index in [1.165, 1.54) is 0 Å². The van der Waals surface area contributed by atoms with Crippen molar-refractivity contribution >= 4 is 76.6 Å². The quantitative estimate of drug-likeness (QED) is 0.143. The lowest BCUT2D eigenvalue weighted by atomic mass is 9.88. The van der Waals surface area contributed by atoms with Gasteiger partial charge in [-0.25, -0.2) is 4.98 Å². The Morgan fingerprint density at radius 1 is 0.506 bits per heavy atom. The highest BCUT2D eigenvalue weighted by Gasteiger charge is 2.28. The highest BCUT2D eigenvalue weighted by Crippen LogP contribution is 2.44. The van der Waals surface area contributed by atoms with Crippen LogP contribution in [-0.4, -0.2) is 18.7 Å². The molecule has 0 spiro atoms. The van der Waals surface area contributed by atoms with E-state index in [2.05, 4.69) is 109 Å². The van der Waals surface area contributed by atoms with Crippen molar-refractivity contribution < 1.29 is 27.4 Å². The van der Waals surface area contributed by atoms with E-state index in [9.17, 15) is 5.48 Å². The lowest BCUT2D eigenvalue weighted by Gasteiger charge is -2.20. The Balaban J connectivity index is 1.00. The molecule has 0 radical (unpaired) electrons. The molecule has 0 fully saturated rings. The number of ether oxygens (including phenoxy) is 1. The third-order valence-corrected chi connectivity index (χ3v) is 14.8. The first-order chi connectivity index (χ1) is 42.0. The maximum atomic E-state index is 9.30. The molecule has 0 bridgehead atoms. The van der Waals surface area contributed by atoms with Crippen molar-refractivity contribution in [2.45, 2.75) is 26.2 Å². The van der Waals surface area contributed by atoms with E-state index in [1.54, 1.807) is 29.1 Å². The van der Waals surface area contributed by atoms with Gasteiger partial charge in [0.25, 0.3) is 6.33 Å². The van der Waals surface area contributed by atoms with E-state index in [0.29, 0.717) is 39.4 Å². The average Bonchev–Trinajstić information content (AvgIpc) is 1.81. The predicted octanol–water partition coefficient (Wildman–Crippen LogP) is 17.8. The van der Waals surface area contributed by atoms with Crippen LogP contribution >= 0.6 is 0 Å². The molecule has 7 heteroatoms. The first-order valence-electron chi connectivity index (χ1n) is 30.4. The summed E-state index contributed by atoms with van der Waals surface area (Å²) in [5.41, 5.74) is 8.81. The molecular weight excluding hydrogens is 943 g/mol. The van der Waals surface area contributed by atoms with Crippen molar-refractivity contribution in [3.05, 3.63) is 254 Å². The van der Waals surface area contributed by atoms with Gasteiger partial charge in [-0.1, -0.05) is 178 Å². The topological polar surface area (TPSA) is 53.9 Å². The van der Waals surface area contributed by atoms with Crippen LogP contribution < -0.4 is 9.30 Å². The fourth-order valence-electron chi connectivity index (χ4n) is 11.2. The number of rotatable bonds is 8. The molecule has 5 aromatic heterocycles. The largest absolute Gasteiger partial charge is 0.456 e. The molecular formula is C70H50N5O2+. The molecule has 0 saturated carbocycles. The molecule has 15 aromatic rings. The van der Waals surface area contributed by atoms with Crippen LogP contribution in [0, 0.1) is 0 Å². The zero-order chi connectivity index (χ0) is 60.1. The summed E-state index contributed by atoms with van der Waals surface area (Å²) in [4.78, 5) is 4.99. The van der Waals surface area contributed by atoms with E-state index in [4.69, 9.17) is 22.4 Å². The van der Waals surface area contributed by atoms with E-state index in [1.807, 2.05) is 89.6 Å². The number of aromatic nitrogens is 5. The van der Waals surface area contributed by atoms with Gasteiger partial charge in [0.15, 0.2) is 16.8 Å². The van der Waals surface area contributed by atoms with Crippen molar-refractivity contribution in [1.29, 1.82) is 0 Å². The number of para-hydroxylation sites is 5. The summed E-state index contributed by atoms with van der Waals surface area (Å²) in [6.45, 7) is 6.57. The van der Waals surface area contributed by atoms with Gasteiger partial charge in [-0.15, -0.1) is 0 Å². The molecule has 5 heterocycles. The van der Waals surface area contributed by atoms with Crippen LogP contribution in [0.15, 0.2) is 253 Å². The summed E-state index contributed by atoms with van der Waals surface area (Å²) >= 11 is 0. The summed E-state index contributed by atoms with van der Waals surface area (Å²) in [7, 11) is 0. The number of furan rings is 1. The zero-order valence-corrected chi connectivity index (χ0v) is 42.0. The SMILES string of the molecule is [2H]c1c([2H])c([2H])c(-c2cccc(-c3c([2H])c([2H])c([2H])c([2H])c3[2H])c2-n2c[n+](-c3cccc(Oc4cc5c(cc4-n4c6ccccc6c6ccccc64)c4ccccc4n5-c4cc(C(C)(C)C)ccn4)c3)c3cc4oc5ccccc5c4cc32)c([2H])c1[2H]. The minimum atomic E-state index is -0.579. The highest BCUT2D eigenvalue weighted by atomic mass is 16.5. The second-order valence-corrected chi connectivity index (χ2v) is 20.3. The number of hydrogen-bond acceptors (Lipinski definition) is 3. The molecule has 10 aromatic carbocycles. The molecule has 0 amide bonds. The van der Waals surface area contributed by atoms with Crippen LogP contribution in [0.2, 0.25) is 0 Å². The zero-order valence-electron chi connectivity index (χ0n) is 52.0. The van der Waals surface area contributed by atoms with E-state index in [-0.39, 0.29) is 33.4 Å². The molecule has 366 valence electrons. The molecule has 15 rings (SSSR count). The second kappa shape index (κ2) is 17.3. The number of imidazole rings is 1. The third-order valence-electron chi connectivity index (χ3n) is 14.8. The molecule has 0 unspecified atom stereocenters. The minimum Gasteiger partial charge on any atom is -0.456 e. The van der Waals surface area contributed by atoms with E-state index >= 15 is 0 Å². The smallest absolute Gasteiger partial charge is 0.255 e. The van der Waals surface area contributed by atoms with E-state index in [0.717, 1.165) is 71.5 Å². The van der Waals surface area contributed by atoms with Gasteiger partial charge in [0.2, 0.25) is 0 Å². The molecule has 0 N–H and O–H groups in total. The number of nitrogens with zero attached hydrogens (tertiary/aromatic N) is 5. The lowest BCUT2D eigenvalue weighted by Crippen LogP contribution is -2.28. The van der Waals surface area contributed by atoms with Crippen LogP contribution in [0.5, 0.6) is 11.5 Å². The van der Waals surface area contributed by atoms with Gasteiger partial charge in [-0.05, 0) is 76.7 Å². The maximum Gasteiger partial charge on any atom is 0.255 e. The van der Waals surface area contributed by atoms with Crippen molar-refractivity contribution in [2.24, 2.45) is 0 Å². The van der Waals surface area contributed by atoms with Gasteiger partial charge in [0, 0.05) is 73.9 Å². The summed E-state index contributed by atoms with van der Waals surface area (Å²) in [5, 5.41) is 5.78. The average molecular weight is 1000 g/mol. The summed E-state index contributed by atoms with van der Waals surface area (Å²) in [5.74, 6) is 1.79. The number of fused-ring (bicyclic) bond motifs is 10. The first-order valence-corrected chi connectivity index (χ1v) is 25.4. The highest BCUT2D eigenvalue weighted by molar-refractivity contribution is 6.13. The predicted molar refractivity (Wildman–Crippen MR) is 315 cm³/mol. The summed E-state index contributed by atoms with van der Waals surface area (Å²) < 4.78 is 112. The van der Waals surface area contributed by atoms with Gasteiger partial charge < -0.3 is 13.7 Å². The standard InChI is InChI=1S/C70H50N5O2/c1-70(2,3)47-36-37-71-68(38-47)75-60-34-16-12-28-54(60)56-40-64(74-58-32-14-10-26-52(58)53-27-11-15-33-59(53)74)67(42-61(56)75)76-49-25-18-24-48(39-49)72-44-73(62-41-57-55-29-13-17-35-65(55)77-66(57)43-63(62)72)69-50(45-20-6-4-7-21-45)30-19-31-51(69)46-22-8-5-9-23-46/h4-44H,1-3H3/q+1/i4D,5D,6D,7D,8D,9D,20D,21D,22D,23D. The summed E-state index contributed by atoms with van der Waals surface area (Å²) in [6, 6.07) is 52.3. The van der Waals surface area contributed by atoms with Crippen LogP contribution in [0.3, 0.4) is 0 Å². The monoisotopic (exact) mass is 1000 g/mol. The van der Waals surface area contributed by atoms with Crippen LogP contribution in [0.4, 0.5) is 0 Å². The third kappa shape index (κ3) is 7.19. The second-order valence-electron chi connectivity index (χ2n) is 20.3. The Bertz CT molecular complexity index is 5260. The van der Waals surface area contributed by atoms with Gasteiger partial charge in [0.05, 0.1) is 41.5 Å². The maximum absolute atomic E-state index is 9.30.